The number of carbonyl (C=O) groups is 2. The molecule has 1 aliphatic rings. The van der Waals surface area contributed by atoms with Crippen LogP contribution in [0.3, 0.4) is 0 Å². The van der Waals surface area contributed by atoms with Crippen molar-refractivity contribution in [3.63, 3.8) is 0 Å². The number of benzene rings is 1. The third kappa shape index (κ3) is 2.99. The van der Waals surface area contributed by atoms with Gasteiger partial charge in [-0.3, -0.25) is 4.79 Å². The van der Waals surface area contributed by atoms with Crippen molar-refractivity contribution in [2.45, 2.75) is 0 Å². The molecule has 1 aromatic heterocycles. The molecule has 116 valence electrons. The second kappa shape index (κ2) is 6.05. The first-order valence-corrected chi connectivity index (χ1v) is 7.22. The fourth-order valence-electron chi connectivity index (χ4n) is 1.91. The van der Waals surface area contributed by atoms with E-state index in [2.05, 4.69) is 24.9 Å². The summed E-state index contributed by atoms with van der Waals surface area (Å²) in [7, 11) is 1.21. The Morgan fingerprint density at radius 3 is 2.96 bits per heavy atom. The van der Waals surface area contributed by atoms with E-state index in [-0.39, 0.29) is 21.6 Å². The van der Waals surface area contributed by atoms with Crippen LogP contribution in [0.15, 0.2) is 50.5 Å². The summed E-state index contributed by atoms with van der Waals surface area (Å²) in [4.78, 5) is 29.3. The first-order chi connectivity index (χ1) is 11.1. The van der Waals surface area contributed by atoms with Crippen molar-refractivity contribution in [2.75, 3.05) is 7.11 Å². The molecule has 0 radical (unpaired) electrons. The molecule has 2 heterocycles. The minimum atomic E-state index is -0.650. The van der Waals surface area contributed by atoms with Gasteiger partial charge in [-0.2, -0.15) is 4.99 Å². The van der Waals surface area contributed by atoms with Crippen LogP contribution >= 0.6 is 11.8 Å². The molecule has 8 nitrogen and oxygen atoms in total. The number of hydrogen-bond donors (Lipinski definition) is 2. The highest BCUT2D eigenvalue weighted by Gasteiger charge is 2.23. The second-order valence-electron chi connectivity index (χ2n) is 4.40. The van der Waals surface area contributed by atoms with E-state index in [0.717, 1.165) is 17.8 Å². The quantitative estimate of drug-likeness (QED) is 0.499. The van der Waals surface area contributed by atoms with Gasteiger partial charge in [-0.25, -0.2) is 4.79 Å². The number of esters is 1. The van der Waals surface area contributed by atoms with Crippen LogP contribution in [0.25, 0.3) is 10.9 Å². The summed E-state index contributed by atoms with van der Waals surface area (Å²) < 4.78 is 4.46. The number of thioether (sulfide) groups is 1. The molecule has 2 N–H and O–H groups in total. The lowest BCUT2D eigenvalue weighted by Crippen LogP contribution is -1.98. The lowest BCUT2D eigenvalue weighted by atomic mass is 10.2. The number of carbonyl (C=O) groups excluding carboxylic acids is 2. The van der Waals surface area contributed by atoms with Crippen molar-refractivity contribution in [2.24, 2.45) is 15.2 Å². The number of methoxy groups -OCH3 is 1. The molecular formula is C14H10N4O4S. The summed E-state index contributed by atoms with van der Waals surface area (Å²) in [6.45, 7) is 0. The zero-order chi connectivity index (χ0) is 16.4. The minimum Gasteiger partial charge on any atom is -0.493 e. The smallest absolute Gasteiger partial charge is 0.331 e. The van der Waals surface area contributed by atoms with Crippen molar-refractivity contribution in [1.82, 2.24) is 4.98 Å². The van der Waals surface area contributed by atoms with Gasteiger partial charge >= 0.3 is 5.97 Å². The molecule has 2 aromatic rings. The van der Waals surface area contributed by atoms with Gasteiger partial charge in [-0.05, 0) is 17.8 Å². The van der Waals surface area contributed by atoms with E-state index in [9.17, 15) is 14.7 Å². The van der Waals surface area contributed by atoms with Crippen LogP contribution in [0.2, 0.25) is 0 Å². The normalized spacial score (nSPS) is 16.5. The molecule has 1 aromatic carbocycles. The van der Waals surface area contributed by atoms with Gasteiger partial charge in [-0.15, -0.1) is 10.2 Å². The van der Waals surface area contributed by atoms with E-state index in [1.165, 1.54) is 7.11 Å². The van der Waals surface area contributed by atoms with Gasteiger partial charge in [0.25, 0.3) is 5.91 Å². The van der Waals surface area contributed by atoms with Crippen LogP contribution in [0.5, 0.6) is 5.88 Å². The second-order valence-corrected chi connectivity index (χ2v) is 5.41. The number of H-pyrrole nitrogens is 1. The maximum atomic E-state index is 11.6. The Morgan fingerprint density at radius 1 is 1.39 bits per heavy atom. The third-order valence-corrected chi connectivity index (χ3v) is 3.82. The topological polar surface area (TPSA) is 116 Å². The molecule has 0 saturated carbocycles. The molecule has 0 saturated heterocycles. The van der Waals surface area contributed by atoms with Crippen LogP contribution in [0.1, 0.15) is 0 Å². The molecule has 0 bridgehead atoms. The number of nitrogens with zero attached hydrogens (tertiary/aromatic N) is 3. The zero-order valence-corrected chi connectivity index (χ0v) is 12.6. The average molecular weight is 330 g/mol. The van der Waals surface area contributed by atoms with Crippen molar-refractivity contribution in [3.05, 3.63) is 35.2 Å². The van der Waals surface area contributed by atoms with E-state index >= 15 is 0 Å². The number of aliphatic imine (C=N–C) groups is 1. The summed E-state index contributed by atoms with van der Waals surface area (Å²) in [6, 6.07) is 7.18. The van der Waals surface area contributed by atoms with Crippen LogP contribution in [-0.4, -0.2) is 34.2 Å². The highest BCUT2D eigenvalue weighted by atomic mass is 32.2. The van der Waals surface area contributed by atoms with Gasteiger partial charge in [0, 0.05) is 11.5 Å². The van der Waals surface area contributed by atoms with Crippen molar-refractivity contribution < 1.29 is 19.4 Å². The standard InChI is InChI=1S/C14H10N4O4S/c1-22-10(19)6-9-12(20)16-14(23-9)18-17-11-7-4-2-3-5-8(7)15-13(11)21/h2-6,15,21H,1H3/b9-6+,18-17?. The molecule has 0 fully saturated rings. The SMILES string of the molecule is COC(=O)/C=C1/SC(N=Nc2c(O)[nH]c3ccccc23)=NC1=O. The maximum Gasteiger partial charge on any atom is 0.331 e. The Bertz CT molecular complexity index is 897. The van der Waals surface area contributed by atoms with Crippen LogP contribution in [0.4, 0.5) is 5.69 Å². The number of aromatic nitrogens is 1. The molecule has 3 rings (SSSR count). The predicted octanol–water partition coefficient (Wildman–Crippen LogP) is 2.64. The molecule has 0 aliphatic carbocycles. The highest BCUT2D eigenvalue weighted by molar-refractivity contribution is 8.18. The van der Waals surface area contributed by atoms with Crippen molar-refractivity contribution >= 4 is 45.4 Å². The maximum absolute atomic E-state index is 11.6. The lowest BCUT2D eigenvalue weighted by Gasteiger charge is -1.93. The van der Waals surface area contributed by atoms with E-state index in [0.29, 0.717) is 10.9 Å². The number of aromatic amines is 1. The van der Waals surface area contributed by atoms with Gasteiger partial charge < -0.3 is 14.8 Å². The van der Waals surface area contributed by atoms with Gasteiger partial charge in [0.2, 0.25) is 11.0 Å². The fourth-order valence-corrected chi connectivity index (χ4v) is 2.61. The minimum absolute atomic E-state index is 0.0786. The summed E-state index contributed by atoms with van der Waals surface area (Å²) >= 11 is 0.904. The number of fused-ring (bicyclic) bond motifs is 1. The van der Waals surface area contributed by atoms with Gasteiger partial charge in [-0.1, -0.05) is 18.2 Å². The molecule has 0 unspecified atom stereocenters. The van der Waals surface area contributed by atoms with Gasteiger partial charge in [0.1, 0.15) is 0 Å². The Kier molecular flexibility index (Phi) is 3.94. The van der Waals surface area contributed by atoms with Crippen molar-refractivity contribution in [1.29, 1.82) is 0 Å². The molecule has 1 aliphatic heterocycles. The van der Waals surface area contributed by atoms with E-state index < -0.39 is 11.9 Å². The first kappa shape index (κ1) is 15.0. The van der Waals surface area contributed by atoms with Gasteiger partial charge in [0.15, 0.2) is 5.69 Å². The highest BCUT2D eigenvalue weighted by Crippen LogP contribution is 2.36. The number of para-hydroxylation sites is 1. The molecule has 0 spiro atoms. The van der Waals surface area contributed by atoms with Gasteiger partial charge in [0.05, 0.1) is 17.5 Å². The number of aromatic hydroxyl groups is 1. The van der Waals surface area contributed by atoms with E-state index in [1.807, 2.05) is 6.07 Å². The monoisotopic (exact) mass is 330 g/mol. The predicted molar refractivity (Wildman–Crippen MR) is 84.6 cm³/mol. The lowest BCUT2D eigenvalue weighted by molar-refractivity contribution is -0.135. The Labute approximate surface area is 134 Å². The number of amidine groups is 1. The number of hydrogen-bond acceptors (Lipinski definition) is 7. The van der Waals surface area contributed by atoms with Crippen LogP contribution in [-0.2, 0) is 14.3 Å². The molecule has 0 atom stereocenters. The molecular weight excluding hydrogens is 320 g/mol. The zero-order valence-electron chi connectivity index (χ0n) is 11.8. The summed E-state index contributed by atoms with van der Waals surface area (Å²) in [5.41, 5.74) is 0.962. The third-order valence-electron chi connectivity index (χ3n) is 2.95. The van der Waals surface area contributed by atoms with Crippen LogP contribution < -0.4 is 0 Å². The Morgan fingerprint density at radius 2 is 2.17 bits per heavy atom. The largest absolute Gasteiger partial charge is 0.493 e. The molecule has 1 amide bonds. The summed E-state index contributed by atoms with van der Waals surface area (Å²) in [6.07, 6.45) is 1.04. The first-order valence-electron chi connectivity index (χ1n) is 6.40. The summed E-state index contributed by atoms with van der Waals surface area (Å²) in [5, 5.41) is 18.4. The number of rotatable bonds is 2. The number of amides is 1. The summed E-state index contributed by atoms with van der Waals surface area (Å²) in [5.74, 6) is -1.36. The Balaban J connectivity index is 1.85. The average Bonchev–Trinajstić information content (AvgIpc) is 3.04. The molecule has 9 heteroatoms. The fraction of sp³-hybridized carbons (Fsp3) is 0.0714. The number of ether oxygens (including phenoxy) is 1. The van der Waals surface area contributed by atoms with E-state index in [4.69, 9.17) is 0 Å². The molecule has 23 heavy (non-hydrogen) atoms. The van der Waals surface area contributed by atoms with Crippen LogP contribution in [0, 0.1) is 0 Å². The Hall–Kier alpha value is -2.94. The number of azo groups is 1. The van der Waals surface area contributed by atoms with E-state index in [1.54, 1.807) is 18.2 Å². The van der Waals surface area contributed by atoms with Crippen molar-refractivity contribution in [3.8, 4) is 5.88 Å². The number of nitrogens with one attached hydrogen (secondary N) is 1.